The molecule has 78 valence electrons. The van der Waals surface area contributed by atoms with E-state index in [-0.39, 0.29) is 0 Å². The van der Waals surface area contributed by atoms with E-state index in [0.29, 0.717) is 13.1 Å². The minimum Gasteiger partial charge on any atom is -0.378 e. The zero-order valence-electron chi connectivity index (χ0n) is 8.51. The monoisotopic (exact) mass is 196 g/mol. The molecule has 0 saturated heterocycles. The van der Waals surface area contributed by atoms with Gasteiger partial charge in [-0.2, -0.15) is 5.10 Å². The highest BCUT2D eigenvalue weighted by Gasteiger charge is 2.06. The van der Waals surface area contributed by atoms with E-state index in [1.165, 1.54) is 0 Å². The predicted octanol–water partition coefficient (Wildman–Crippen LogP) is 0.277. The number of nitrogens with two attached hydrogens (primary N) is 1. The largest absolute Gasteiger partial charge is 0.378 e. The molecule has 0 aromatic heterocycles. The zero-order valence-corrected chi connectivity index (χ0v) is 8.51. The molecule has 5 heteroatoms. The first-order valence-corrected chi connectivity index (χ1v) is 4.52. The van der Waals surface area contributed by atoms with Crippen molar-refractivity contribution in [2.24, 2.45) is 15.8 Å². The number of hydrogen-bond acceptors (Lipinski definition) is 5. The molecule has 0 spiro atoms. The number of hydrazone groups is 1. The van der Waals surface area contributed by atoms with Gasteiger partial charge in [0.2, 0.25) is 0 Å². The lowest BCUT2D eigenvalue weighted by Gasteiger charge is -2.21. The number of aliphatic hydroxyl groups is 1. The fraction of sp³-hybridized carbons (Fsp3) is 0.556. The Morgan fingerprint density at radius 3 is 3.07 bits per heavy atom. The maximum Gasteiger partial charge on any atom is 0.131 e. The van der Waals surface area contributed by atoms with Crippen molar-refractivity contribution in [3.63, 3.8) is 0 Å². The number of aliphatic imine (C=N–C) groups is 1. The summed E-state index contributed by atoms with van der Waals surface area (Å²) in [5, 5.41) is 14.7. The highest BCUT2D eigenvalue weighted by atomic mass is 16.3. The molecule has 1 aliphatic rings. The first-order valence-electron chi connectivity index (χ1n) is 4.52. The van der Waals surface area contributed by atoms with Gasteiger partial charge in [-0.25, -0.2) is 5.01 Å². The smallest absolute Gasteiger partial charge is 0.131 e. The second-order valence-corrected chi connectivity index (χ2v) is 3.23. The minimum absolute atomic E-state index is 0.354. The van der Waals surface area contributed by atoms with Gasteiger partial charge in [-0.3, -0.25) is 4.99 Å². The van der Waals surface area contributed by atoms with E-state index in [4.69, 9.17) is 10.8 Å². The number of nitrogens with zero attached hydrogens (tertiary/aromatic N) is 3. The van der Waals surface area contributed by atoms with Crippen LogP contribution < -0.4 is 5.73 Å². The summed E-state index contributed by atoms with van der Waals surface area (Å²) in [7, 11) is 0. The number of aliphatic hydroxyl groups excluding tert-OH is 1. The Hall–Kier alpha value is -1.20. The minimum atomic E-state index is -0.835. The van der Waals surface area contributed by atoms with Gasteiger partial charge in [0.05, 0.1) is 0 Å². The van der Waals surface area contributed by atoms with Gasteiger partial charge in [0.15, 0.2) is 0 Å². The Labute approximate surface area is 83.6 Å². The van der Waals surface area contributed by atoms with Crippen LogP contribution in [0.1, 0.15) is 20.3 Å². The predicted molar refractivity (Wildman–Crippen MR) is 56.9 cm³/mol. The van der Waals surface area contributed by atoms with Gasteiger partial charge >= 0.3 is 0 Å². The molecule has 3 N–H and O–H groups in total. The average Bonchev–Trinajstić information content (AvgIpc) is 2.08. The first kappa shape index (κ1) is 10.9. The summed E-state index contributed by atoms with van der Waals surface area (Å²) in [4.78, 5) is 4.22. The fourth-order valence-electron chi connectivity index (χ4n) is 1.09. The van der Waals surface area contributed by atoms with Gasteiger partial charge in [0.1, 0.15) is 12.9 Å². The normalized spacial score (nSPS) is 19.6. The average molecular weight is 196 g/mol. The standard InChI is InChI=1S/C9H16N4O/c1-7-5-8(2)13(6-11-7)12-4-3-9(10)14/h4-5,9,14H,3,6,10H2,1-2H3/b12-4-. The molecule has 14 heavy (non-hydrogen) atoms. The number of hydrogen-bond donors (Lipinski definition) is 2. The van der Waals surface area contributed by atoms with E-state index in [1.807, 2.05) is 19.9 Å². The molecule has 1 rings (SSSR count). The van der Waals surface area contributed by atoms with Crippen LogP contribution in [0.25, 0.3) is 0 Å². The van der Waals surface area contributed by atoms with Crippen LogP contribution in [-0.2, 0) is 0 Å². The highest BCUT2D eigenvalue weighted by Crippen LogP contribution is 2.09. The molecule has 1 atom stereocenters. The molecule has 1 aliphatic heterocycles. The molecular formula is C9H16N4O. The molecule has 5 nitrogen and oxygen atoms in total. The van der Waals surface area contributed by atoms with Crippen molar-refractivity contribution in [1.82, 2.24) is 5.01 Å². The molecular weight excluding hydrogens is 180 g/mol. The van der Waals surface area contributed by atoms with Gasteiger partial charge in [-0.1, -0.05) is 0 Å². The van der Waals surface area contributed by atoms with Gasteiger partial charge in [0.25, 0.3) is 0 Å². The number of allylic oxidation sites excluding steroid dienone is 2. The van der Waals surface area contributed by atoms with Crippen molar-refractivity contribution >= 4 is 11.9 Å². The Bertz CT molecular complexity index is 281. The van der Waals surface area contributed by atoms with Crippen LogP contribution in [0.4, 0.5) is 0 Å². The highest BCUT2D eigenvalue weighted by molar-refractivity contribution is 5.93. The van der Waals surface area contributed by atoms with Crippen LogP contribution in [0.5, 0.6) is 0 Å². The van der Waals surface area contributed by atoms with Crippen molar-refractivity contribution in [3.8, 4) is 0 Å². The van der Waals surface area contributed by atoms with E-state index in [2.05, 4.69) is 10.1 Å². The lowest BCUT2D eigenvalue weighted by Crippen LogP contribution is -2.22. The van der Waals surface area contributed by atoms with Crippen molar-refractivity contribution < 1.29 is 5.11 Å². The van der Waals surface area contributed by atoms with Crippen LogP contribution >= 0.6 is 0 Å². The SMILES string of the molecule is CC1=CC(C)=NCN1/N=C\CC(N)O. The zero-order chi connectivity index (χ0) is 10.6. The molecule has 0 aliphatic carbocycles. The third kappa shape index (κ3) is 3.27. The Morgan fingerprint density at radius 2 is 2.50 bits per heavy atom. The van der Waals surface area contributed by atoms with E-state index in [0.717, 1.165) is 11.4 Å². The maximum atomic E-state index is 8.82. The second kappa shape index (κ2) is 4.88. The molecule has 0 radical (unpaired) electrons. The maximum absolute atomic E-state index is 8.82. The van der Waals surface area contributed by atoms with Crippen molar-refractivity contribution in [2.45, 2.75) is 26.5 Å². The molecule has 0 aromatic rings. The summed E-state index contributed by atoms with van der Waals surface area (Å²) in [5.74, 6) is 0. The lowest BCUT2D eigenvalue weighted by atomic mass is 10.3. The third-order valence-corrected chi connectivity index (χ3v) is 1.85. The van der Waals surface area contributed by atoms with Gasteiger partial charge in [0, 0.05) is 24.0 Å². The van der Waals surface area contributed by atoms with Crippen LogP contribution in [0.15, 0.2) is 21.9 Å². The lowest BCUT2D eigenvalue weighted by molar-refractivity contribution is 0.191. The molecule has 0 amide bonds. The van der Waals surface area contributed by atoms with Crippen LogP contribution in [0, 0.1) is 0 Å². The van der Waals surface area contributed by atoms with Gasteiger partial charge in [-0.05, 0) is 19.9 Å². The third-order valence-electron chi connectivity index (χ3n) is 1.85. The van der Waals surface area contributed by atoms with Crippen LogP contribution in [0.3, 0.4) is 0 Å². The van der Waals surface area contributed by atoms with Crippen molar-refractivity contribution in [2.75, 3.05) is 6.67 Å². The van der Waals surface area contributed by atoms with Crippen LogP contribution in [0.2, 0.25) is 0 Å². The summed E-state index contributed by atoms with van der Waals surface area (Å²) < 4.78 is 0. The molecule has 1 unspecified atom stereocenters. The number of rotatable bonds is 3. The topological polar surface area (TPSA) is 74.2 Å². The van der Waals surface area contributed by atoms with Gasteiger partial charge in [-0.15, -0.1) is 0 Å². The van der Waals surface area contributed by atoms with Crippen molar-refractivity contribution in [1.29, 1.82) is 0 Å². The molecule has 0 saturated carbocycles. The summed E-state index contributed by atoms with van der Waals surface area (Å²) in [5.41, 5.74) is 7.22. The van der Waals surface area contributed by atoms with Crippen LogP contribution in [-0.4, -0.2) is 34.9 Å². The molecule has 0 fully saturated rings. The second-order valence-electron chi connectivity index (χ2n) is 3.23. The summed E-state index contributed by atoms with van der Waals surface area (Å²) >= 11 is 0. The van der Waals surface area contributed by atoms with E-state index in [9.17, 15) is 0 Å². The van der Waals surface area contributed by atoms with E-state index >= 15 is 0 Å². The van der Waals surface area contributed by atoms with Gasteiger partial charge < -0.3 is 10.8 Å². The van der Waals surface area contributed by atoms with E-state index < -0.39 is 6.23 Å². The molecule has 1 heterocycles. The first-order chi connectivity index (χ1) is 6.59. The molecule has 0 bridgehead atoms. The molecule has 0 aromatic carbocycles. The summed E-state index contributed by atoms with van der Waals surface area (Å²) in [6.07, 6.45) is 3.07. The summed E-state index contributed by atoms with van der Waals surface area (Å²) in [6.45, 7) is 4.45. The Morgan fingerprint density at radius 1 is 1.79 bits per heavy atom. The Balaban J connectivity index is 2.48. The Kier molecular flexibility index (Phi) is 3.79. The summed E-state index contributed by atoms with van der Waals surface area (Å²) in [6, 6.07) is 0. The van der Waals surface area contributed by atoms with Crippen molar-refractivity contribution in [3.05, 3.63) is 11.8 Å². The quantitative estimate of drug-likeness (QED) is 0.503. The van der Waals surface area contributed by atoms with E-state index in [1.54, 1.807) is 11.2 Å². The fourth-order valence-corrected chi connectivity index (χ4v) is 1.09.